The van der Waals surface area contributed by atoms with Crippen LogP contribution in [0.5, 0.6) is 0 Å². The van der Waals surface area contributed by atoms with Gasteiger partial charge in [0.15, 0.2) is 6.61 Å². The summed E-state index contributed by atoms with van der Waals surface area (Å²) in [7, 11) is 0. The minimum absolute atomic E-state index is 0.150. The van der Waals surface area contributed by atoms with Crippen LogP contribution >= 0.6 is 0 Å². The number of carbonyl (C=O) groups excluding carboxylic acids is 2. The average molecular weight is 416 g/mol. The fourth-order valence-electron chi connectivity index (χ4n) is 9.88. The van der Waals surface area contributed by atoms with Crippen molar-refractivity contribution in [3.63, 3.8) is 0 Å². The second kappa shape index (κ2) is 6.46. The van der Waals surface area contributed by atoms with Crippen molar-refractivity contribution in [1.29, 1.82) is 0 Å². The molecule has 0 unspecified atom stereocenters. The number of carbonyl (C=O) groups is 2. The van der Waals surface area contributed by atoms with Crippen molar-refractivity contribution < 1.29 is 19.4 Å². The quantitative estimate of drug-likeness (QED) is 0.673. The van der Waals surface area contributed by atoms with E-state index >= 15 is 0 Å². The van der Waals surface area contributed by atoms with Gasteiger partial charge < -0.3 is 15.2 Å². The largest absolute Gasteiger partial charge is 0.455 e. The number of hydrogen-bond acceptors (Lipinski definition) is 4. The van der Waals surface area contributed by atoms with E-state index in [1.165, 1.54) is 38.5 Å². The molecule has 3 atom stereocenters. The number of aliphatic hydroxyl groups is 1. The monoisotopic (exact) mass is 415 g/mol. The van der Waals surface area contributed by atoms with Crippen LogP contribution in [0.1, 0.15) is 84.0 Å². The van der Waals surface area contributed by atoms with E-state index in [-0.39, 0.29) is 29.9 Å². The lowest BCUT2D eigenvalue weighted by Crippen LogP contribution is -2.59. The second-order valence-corrected chi connectivity index (χ2v) is 12.6. The van der Waals surface area contributed by atoms with Crippen LogP contribution in [0.25, 0.3) is 0 Å². The van der Waals surface area contributed by atoms with Crippen LogP contribution in [-0.2, 0) is 14.3 Å². The highest BCUT2D eigenvalue weighted by molar-refractivity contribution is 5.83. The van der Waals surface area contributed by atoms with Gasteiger partial charge in [-0.15, -0.1) is 0 Å². The molecule has 8 rings (SSSR count). The Morgan fingerprint density at radius 3 is 1.97 bits per heavy atom. The first-order valence-electron chi connectivity index (χ1n) is 12.4. The molecule has 8 fully saturated rings. The predicted molar refractivity (Wildman–Crippen MR) is 111 cm³/mol. The van der Waals surface area contributed by atoms with Crippen LogP contribution in [0.3, 0.4) is 0 Å². The van der Waals surface area contributed by atoms with Crippen molar-refractivity contribution in [2.75, 3.05) is 6.61 Å². The molecule has 0 heterocycles. The Hall–Kier alpha value is -1.10. The van der Waals surface area contributed by atoms with Crippen molar-refractivity contribution >= 4 is 11.9 Å². The summed E-state index contributed by atoms with van der Waals surface area (Å²) < 4.78 is 5.59. The zero-order valence-electron chi connectivity index (χ0n) is 18.3. The second-order valence-electron chi connectivity index (χ2n) is 12.6. The summed E-state index contributed by atoms with van der Waals surface area (Å²) in [6.45, 7) is 1.99. The number of nitrogens with one attached hydrogen (secondary N) is 1. The molecule has 8 aliphatic rings. The van der Waals surface area contributed by atoms with Crippen molar-refractivity contribution in [1.82, 2.24) is 5.32 Å². The van der Waals surface area contributed by atoms with E-state index < -0.39 is 11.0 Å². The van der Waals surface area contributed by atoms with E-state index in [9.17, 15) is 14.7 Å². The summed E-state index contributed by atoms with van der Waals surface area (Å²) in [6, 6.07) is 0.150. The van der Waals surface area contributed by atoms with Crippen LogP contribution in [-0.4, -0.2) is 35.2 Å². The van der Waals surface area contributed by atoms with E-state index in [2.05, 4.69) is 12.2 Å². The third kappa shape index (κ3) is 3.05. The fraction of sp³-hybridized carbons (Fsp3) is 0.920. The molecule has 5 nitrogen and oxygen atoms in total. The van der Waals surface area contributed by atoms with Gasteiger partial charge in [0.05, 0.1) is 11.0 Å². The Kier molecular flexibility index (Phi) is 4.22. The summed E-state index contributed by atoms with van der Waals surface area (Å²) in [6.07, 6.45) is 12.9. The molecular weight excluding hydrogens is 378 g/mol. The topological polar surface area (TPSA) is 75.6 Å². The molecule has 2 N–H and O–H groups in total. The first-order chi connectivity index (χ1) is 14.2. The third-order valence-corrected chi connectivity index (χ3v) is 10.2. The summed E-state index contributed by atoms with van der Waals surface area (Å²) in [5.74, 6) is 3.05. The molecular formula is C25H37NO4. The molecule has 1 amide bonds. The van der Waals surface area contributed by atoms with Gasteiger partial charge in [-0.05, 0) is 119 Å². The van der Waals surface area contributed by atoms with Crippen LogP contribution in [0.15, 0.2) is 0 Å². The number of rotatable bonds is 5. The van der Waals surface area contributed by atoms with E-state index in [1.807, 2.05) is 0 Å². The van der Waals surface area contributed by atoms with Gasteiger partial charge in [-0.3, -0.25) is 9.59 Å². The van der Waals surface area contributed by atoms with Crippen molar-refractivity contribution in [2.45, 2.75) is 95.6 Å². The molecule has 0 saturated heterocycles. The minimum atomic E-state index is -0.682. The van der Waals surface area contributed by atoms with E-state index in [1.54, 1.807) is 0 Å². The molecule has 5 heteroatoms. The number of amides is 1. The van der Waals surface area contributed by atoms with Crippen LogP contribution in [0.2, 0.25) is 0 Å². The molecule has 166 valence electrons. The zero-order valence-corrected chi connectivity index (χ0v) is 18.3. The smallest absolute Gasteiger partial charge is 0.312 e. The van der Waals surface area contributed by atoms with Crippen LogP contribution in [0, 0.1) is 40.4 Å². The molecule has 0 aromatic rings. The molecule has 8 saturated carbocycles. The highest BCUT2D eigenvalue weighted by Gasteiger charge is 2.61. The van der Waals surface area contributed by atoms with E-state index in [4.69, 9.17) is 4.74 Å². The Balaban J connectivity index is 1.06. The first-order valence-corrected chi connectivity index (χ1v) is 12.4. The predicted octanol–water partition coefficient (Wildman–Crippen LogP) is 3.58. The summed E-state index contributed by atoms with van der Waals surface area (Å²) in [5.41, 5.74) is -0.972. The maximum absolute atomic E-state index is 13.0. The lowest BCUT2D eigenvalue weighted by molar-refractivity contribution is -0.196. The maximum Gasteiger partial charge on any atom is 0.312 e. The molecule has 0 aliphatic heterocycles. The minimum Gasteiger partial charge on any atom is -0.455 e. The van der Waals surface area contributed by atoms with Crippen LogP contribution < -0.4 is 5.32 Å². The summed E-state index contributed by atoms with van der Waals surface area (Å²) in [4.78, 5) is 25.7. The van der Waals surface area contributed by atoms with E-state index in [0.29, 0.717) is 18.3 Å². The standard InChI is InChI=1S/C25H37NO4/c1-15(23-6-16-2-17(7-23)4-18(3-16)8-23)26-21(27)13-30-22(28)24-9-19-5-20(10-24)12-25(29,11-19)14-24/h15-20,29H,2-14H2,1H3,(H,26,27)/t15-,16?,17?,18?,19+,20+,23?,24?,25?/m0/s1. The Bertz CT molecular complexity index is 711. The average Bonchev–Trinajstić information content (AvgIpc) is 2.63. The number of ether oxygens (including phenoxy) is 1. The van der Waals surface area contributed by atoms with Gasteiger partial charge in [-0.25, -0.2) is 0 Å². The SMILES string of the molecule is C[C@H](NC(=O)COC(=O)C12C[C@H]3C[C@@H](CC(O)(C3)C1)C2)C12CC3CC(CC(C3)C1)C2. The summed E-state index contributed by atoms with van der Waals surface area (Å²) in [5, 5.41) is 14.1. The lowest BCUT2D eigenvalue weighted by Gasteiger charge is -2.59. The highest BCUT2D eigenvalue weighted by atomic mass is 16.5. The fourth-order valence-corrected chi connectivity index (χ4v) is 9.88. The maximum atomic E-state index is 13.0. The normalized spacial score (nSPS) is 51.1. The molecule has 0 radical (unpaired) electrons. The molecule has 0 spiro atoms. The molecule has 0 aromatic carbocycles. The van der Waals surface area contributed by atoms with Crippen molar-refractivity contribution in [3.8, 4) is 0 Å². The number of hydrogen-bond donors (Lipinski definition) is 2. The van der Waals surface area contributed by atoms with Gasteiger partial charge in [0.2, 0.25) is 0 Å². The van der Waals surface area contributed by atoms with Gasteiger partial charge >= 0.3 is 5.97 Å². The summed E-state index contributed by atoms with van der Waals surface area (Å²) >= 11 is 0. The van der Waals surface area contributed by atoms with Gasteiger partial charge in [0.1, 0.15) is 0 Å². The van der Waals surface area contributed by atoms with Gasteiger partial charge in [-0.2, -0.15) is 0 Å². The van der Waals surface area contributed by atoms with Crippen molar-refractivity contribution in [3.05, 3.63) is 0 Å². The van der Waals surface area contributed by atoms with Crippen LogP contribution in [0.4, 0.5) is 0 Å². The highest BCUT2D eigenvalue weighted by Crippen LogP contribution is 2.62. The molecule has 8 aliphatic carbocycles. The zero-order chi connectivity index (χ0) is 20.7. The van der Waals surface area contributed by atoms with Crippen molar-refractivity contribution in [2.24, 2.45) is 40.4 Å². The first kappa shape index (κ1) is 19.6. The Labute approximate surface area is 179 Å². The van der Waals surface area contributed by atoms with Gasteiger partial charge in [0, 0.05) is 6.04 Å². The molecule has 8 bridgehead atoms. The Morgan fingerprint density at radius 2 is 1.43 bits per heavy atom. The molecule has 30 heavy (non-hydrogen) atoms. The molecule has 0 aromatic heterocycles. The van der Waals surface area contributed by atoms with Gasteiger partial charge in [-0.1, -0.05) is 0 Å². The number of esters is 1. The Morgan fingerprint density at radius 1 is 0.900 bits per heavy atom. The lowest BCUT2D eigenvalue weighted by atomic mass is 9.48. The third-order valence-electron chi connectivity index (χ3n) is 10.2. The van der Waals surface area contributed by atoms with E-state index in [0.717, 1.165) is 49.9 Å². The van der Waals surface area contributed by atoms with Gasteiger partial charge in [0.25, 0.3) is 5.91 Å².